The van der Waals surface area contributed by atoms with Crippen LogP contribution in [0.15, 0.2) is 0 Å². The van der Waals surface area contributed by atoms with Crippen molar-refractivity contribution in [2.75, 3.05) is 90.8 Å². The number of hydrogen-bond donors (Lipinski definition) is 2. The second-order valence-corrected chi connectivity index (χ2v) is 19.8. The fraction of sp³-hybridized carbons (Fsp3) is 0.870. The maximum absolute atomic E-state index is 12.1. The van der Waals surface area contributed by atoms with Crippen LogP contribution in [0.5, 0.6) is 0 Å². The molecule has 1 unspecified atom stereocenters. The van der Waals surface area contributed by atoms with E-state index in [2.05, 4.69) is 0 Å². The predicted molar refractivity (Wildman–Crippen MR) is 194 cm³/mol. The Labute approximate surface area is 286 Å². The zero-order chi connectivity index (χ0) is 30.2. The molecule has 0 aliphatic heterocycles. The van der Waals surface area contributed by atoms with E-state index in [0.29, 0.717) is 25.0 Å². The van der Waals surface area contributed by atoms with Crippen LogP contribution < -0.4 is 0 Å². The average molecular weight is 767 g/mol. The Morgan fingerprint density at radius 2 is 1.07 bits per heavy atom. The summed E-state index contributed by atoms with van der Waals surface area (Å²) in [5, 5.41) is 20.2. The molecule has 8 nitrogen and oxygen atoms in total. The zero-order valence-electron chi connectivity index (χ0n) is 23.1. The summed E-state index contributed by atoms with van der Waals surface area (Å²) in [6.07, 6.45) is 2.23. The number of aliphatic hydroxyl groups is 2. The van der Waals surface area contributed by atoms with Gasteiger partial charge in [0.15, 0.2) is 5.12 Å². The summed E-state index contributed by atoms with van der Waals surface area (Å²) in [4.78, 5) is 34.8. The summed E-state index contributed by atoms with van der Waals surface area (Å²) in [5.74, 6) is 7.07. The quantitative estimate of drug-likeness (QED) is 0.0415. The molecule has 18 heteroatoms. The van der Waals surface area contributed by atoms with E-state index in [1.54, 1.807) is 58.8 Å². The molecule has 0 rings (SSSR count). The van der Waals surface area contributed by atoms with Crippen LogP contribution in [0.25, 0.3) is 0 Å². The summed E-state index contributed by atoms with van der Waals surface area (Å²) in [6.45, 7) is 0. The van der Waals surface area contributed by atoms with Crippen molar-refractivity contribution in [2.45, 2.75) is 25.7 Å². The molecule has 2 N–H and O–H groups in total. The van der Waals surface area contributed by atoms with E-state index >= 15 is 0 Å². The van der Waals surface area contributed by atoms with Crippen molar-refractivity contribution in [1.82, 2.24) is 0 Å². The van der Waals surface area contributed by atoms with Gasteiger partial charge in [-0.25, -0.2) is 0 Å². The van der Waals surface area contributed by atoms with Crippen molar-refractivity contribution in [1.29, 1.82) is 0 Å². The highest BCUT2D eigenvalue weighted by Crippen LogP contribution is 2.19. The van der Waals surface area contributed by atoms with Crippen LogP contribution >= 0.6 is 106 Å². The molecule has 0 aliphatic carbocycles. The Hall–Kier alpha value is 1.99. The number of rotatable bonds is 31. The first-order chi connectivity index (χ1) is 20.0. The van der Waals surface area contributed by atoms with Gasteiger partial charge in [-0.3, -0.25) is 14.4 Å². The number of thioether (sulfide) groups is 9. The smallest absolute Gasteiger partial charge is 0.307 e. The number of hydrogen-bond acceptors (Lipinski definition) is 17. The molecule has 0 fully saturated rings. The molecule has 0 aliphatic rings. The molecule has 0 aromatic carbocycles. The molecule has 0 radical (unpaired) electrons. The lowest BCUT2D eigenvalue weighted by Gasteiger charge is -2.10. The van der Waals surface area contributed by atoms with Gasteiger partial charge in [0.05, 0.1) is 24.7 Å². The van der Waals surface area contributed by atoms with E-state index in [1.807, 2.05) is 11.8 Å². The van der Waals surface area contributed by atoms with Gasteiger partial charge in [0.2, 0.25) is 0 Å². The first-order valence-electron chi connectivity index (χ1n) is 12.6. The molecule has 0 spiro atoms. The lowest BCUT2D eigenvalue weighted by Crippen LogP contribution is -2.13. The van der Waals surface area contributed by atoms with E-state index in [1.165, 1.54) is 11.8 Å². The maximum Gasteiger partial charge on any atom is 0.307 e. The Morgan fingerprint density at radius 1 is 0.585 bits per heavy atom. The number of carbonyl (C=O) groups is 3. The van der Waals surface area contributed by atoms with E-state index in [4.69, 9.17) is 19.7 Å². The maximum atomic E-state index is 12.1. The first kappa shape index (κ1) is 43.0. The van der Waals surface area contributed by atoms with Crippen LogP contribution in [0, 0.1) is 0 Å². The van der Waals surface area contributed by atoms with Crippen LogP contribution in [0.1, 0.15) is 25.7 Å². The van der Waals surface area contributed by atoms with Gasteiger partial charge in [-0.05, 0) is 5.75 Å². The molecular weight excluding hydrogens is 725 g/mol. The minimum atomic E-state index is -0.777. The molecule has 242 valence electrons. The second kappa shape index (κ2) is 34.9. The Morgan fingerprint density at radius 3 is 1.63 bits per heavy atom. The van der Waals surface area contributed by atoms with E-state index in [0.717, 1.165) is 91.2 Å². The van der Waals surface area contributed by atoms with Crippen molar-refractivity contribution < 1.29 is 38.6 Å². The van der Waals surface area contributed by atoms with Gasteiger partial charge in [-0.1, -0.05) is 46.5 Å². The SMILES string of the molecule is O=C(CCSCSCCC[S+]([O-])CCSCSCCSC(=O)CCSCSCCC(=O)OCSCO)OCSCO. The van der Waals surface area contributed by atoms with Gasteiger partial charge < -0.3 is 24.2 Å². The third-order valence-electron chi connectivity index (χ3n) is 4.25. The van der Waals surface area contributed by atoms with E-state index < -0.39 is 11.2 Å². The van der Waals surface area contributed by atoms with Crippen molar-refractivity contribution in [3.8, 4) is 0 Å². The van der Waals surface area contributed by atoms with Crippen LogP contribution in [-0.4, -0.2) is 123 Å². The summed E-state index contributed by atoms with van der Waals surface area (Å²) in [7, 11) is 0. The lowest BCUT2D eigenvalue weighted by atomic mass is 10.5. The fourth-order valence-electron chi connectivity index (χ4n) is 2.29. The number of aliphatic hydroxyl groups excluding tert-OH is 2. The predicted octanol–water partition coefficient (Wildman–Crippen LogP) is 5.19. The lowest BCUT2D eigenvalue weighted by molar-refractivity contribution is -0.141. The minimum Gasteiger partial charge on any atom is -0.616 e. The Bertz CT molecular complexity index is 639. The van der Waals surface area contributed by atoms with Gasteiger partial charge in [0.1, 0.15) is 23.4 Å². The highest BCUT2D eigenvalue weighted by Gasteiger charge is 2.08. The van der Waals surface area contributed by atoms with Gasteiger partial charge >= 0.3 is 11.9 Å². The normalized spacial score (nSPS) is 11.9. The minimum absolute atomic E-state index is 0.0492. The van der Waals surface area contributed by atoms with Crippen LogP contribution in [0.3, 0.4) is 0 Å². The van der Waals surface area contributed by atoms with Crippen LogP contribution in [0.4, 0.5) is 0 Å². The van der Waals surface area contributed by atoms with Crippen molar-refractivity contribution in [3.05, 3.63) is 0 Å². The van der Waals surface area contributed by atoms with Gasteiger partial charge in [0.25, 0.3) is 0 Å². The van der Waals surface area contributed by atoms with Crippen molar-refractivity contribution >= 4 is 134 Å². The largest absolute Gasteiger partial charge is 0.616 e. The molecule has 0 saturated heterocycles. The molecule has 0 heterocycles. The molecule has 0 aromatic heterocycles. The molecule has 0 amide bonds. The molecular formula is C23H42O8S10. The Balaban J connectivity index is 3.34. The van der Waals surface area contributed by atoms with Crippen molar-refractivity contribution in [2.24, 2.45) is 0 Å². The molecule has 41 heavy (non-hydrogen) atoms. The fourth-order valence-corrected chi connectivity index (χ4v) is 11.9. The summed E-state index contributed by atoms with van der Waals surface area (Å²) < 4.78 is 22.0. The molecule has 0 aromatic rings. The second-order valence-electron chi connectivity index (χ2n) is 7.41. The molecule has 0 bridgehead atoms. The van der Waals surface area contributed by atoms with Crippen LogP contribution in [-0.2, 0) is 35.0 Å². The van der Waals surface area contributed by atoms with Gasteiger partial charge in [0, 0.05) is 62.6 Å². The number of carbonyl (C=O) groups excluding carboxylic acids is 3. The van der Waals surface area contributed by atoms with Crippen LogP contribution in [0.2, 0.25) is 0 Å². The van der Waals surface area contributed by atoms with Gasteiger partial charge in [-0.2, -0.15) is 58.8 Å². The van der Waals surface area contributed by atoms with E-state index in [-0.39, 0.29) is 40.8 Å². The summed E-state index contributed by atoms with van der Waals surface area (Å²) >= 11 is 13.4. The third kappa shape index (κ3) is 34.7. The highest BCUT2D eigenvalue weighted by molar-refractivity contribution is 8.18. The number of ether oxygens (including phenoxy) is 2. The third-order valence-corrected chi connectivity index (χ3v) is 15.1. The topological polar surface area (TPSA) is 133 Å². The first-order valence-corrected chi connectivity index (χ1v) is 24.4. The summed E-state index contributed by atoms with van der Waals surface area (Å²) in [6, 6.07) is 0. The monoisotopic (exact) mass is 766 g/mol. The molecule has 0 saturated carbocycles. The summed E-state index contributed by atoms with van der Waals surface area (Å²) in [5.41, 5.74) is 0. The molecule has 1 atom stereocenters. The highest BCUT2D eigenvalue weighted by atomic mass is 32.2. The van der Waals surface area contributed by atoms with Crippen molar-refractivity contribution in [3.63, 3.8) is 0 Å². The average Bonchev–Trinajstić information content (AvgIpc) is 2.95. The number of esters is 2. The zero-order valence-corrected chi connectivity index (χ0v) is 31.2. The Kier molecular flexibility index (Phi) is 36.5. The standard InChI is InChI=1S/C23H42O8S10/c24-14-38-16-30-21(26)2-6-33-18-32-5-1-12-41(29)13-11-37-20-36-9-10-40-23(28)4-8-35-19-34-7-3-22(27)31-17-39-15-25/h24-25H,1-20H2. The van der Waals surface area contributed by atoms with Gasteiger partial charge in [-0.15, -0.1) is 11.8 Å². The van der Waals surface area contributed by atoms with E-state index in [9.17, 15) is 18.9 Å².